The Morgan fingerprint density at radius 1 is 0.217 bits per heavy atom. The molecule has 4 nitrogen and oxygen atoms in total. The molecule has 0 atom stereocenters. The van der Waals surface area contributed by atoms with Crippen molar-refractivity contribution in [2.75, 3.05) is 0 Å². The molecule has 12 aromatic rings. The second-order valence-corrected chi connectivity index (χ2v) is 15.5. The monoisotopic (exact) mass is 762 g/mol. The van der Waals surface area contributed by atoms with E-state index in [0.29, 0.717) is 0 Å². The van der Waals surface area contributed by atoms with Crippen molar-refractivity contribution in [3.63, 3.8) is 0 Å². The van der Waals surface area contributed by atoms with Crippen LogP contribution in [0.2, 0.25) is 0 Å². The molecule has 0 unspecified atom stereocenters. The second-order valence-electron chi connectivity index (χ2n) is 15.5. The predicted octanol–water partition coefficient (Wildman–Crippen LogP) is 14.5. The largest absolute Gasteiger partial charge is 0.248 e. The summed E-state index contributed by atoms with van der Waals surface area (Å²) < 4.78 is 0. The van der Waals surface area contributed by atoms with E-state index in [9.17, 15) is 0 Å². The van der Waals surface area contributed by atoms with Crippen LogP contribution >= 0.6 is 0 Å². The highest BCUT2D eigenvalue weighted by molar-refractivity contribution is 6.08. The van der Waals surface area contributed by atoms with Crippen LogP contribution in [0.1, 0.15) is 0 Å². The highest BCUT2D eigenvalue weighted by Crippen LogP contribution is 2.34. The van der Waals surface area contributed by atoms with Gasteiger partial charge in [0.25, 0.3) is 0 Å². The van der Waals surface area contributed by atoms with Gasteiger partial charge in [-0.15, -0.1) is 0 Å². The number of aromatic nitrogens is 4. The lowest BCUT2D eigenvalue weighted by atomic mass is 9.96. The third-order valence-electron chi connectivity index (χ3n) is 11.8. The fraction of sp³-hybridized carbons (Fsp3) is 0. The maximum absolute atomic E-state index is 5.16. The quantitative estimate of drug-likeness (QED) is 0.164. The fourth-order valence-electron chi connectivity index (χ4n) is 8.61. The lowest BCUT2D eigenvalue weighted by Crippen LogP contribution is -1.91. The molecule has 0 aliphatic heterocycles. The molecule has 8 aromatic carbocycles. The Bertz CT molecular complexity index is 3650. The molecule has 0 fully saturated rings. The van der Waals surface area contributed by atoms with Crippen molar-refractivity contribution in [2.24, 2.45) is 0 Å². The molecule has 4 heterocycles. The van der Waals surface area contributed by atoms with Gasteiger partial charge in [0.15, 0.2) is 0 Å². The first-order valence-corrected chi connectivity index (χ1v) is 20.3. The maximum atomic E-state index is 5.16. The first-order valence-electron chi connectivity index (χ1n) is 20.3. The van der Waals surface area contributed by atoms with E-state index in [4.69, 9.17) is 19.9 Å². The Hall–Kier alpha value is -8.08. The number of nitrogens with zero attached hydrogens (tertiary/aromatic N) is 4. The minimum atomic E-state index is 0.902. The van der Waals surface area contributed by atoms with Gasteiger partial charge in [0, 0.05) is 43.8 Å². The third-order valence-corrected chi connectivity index (χ3v) is 11.8. The molecule has 0 aliphatic rings. The summed E-state index contributed by atoms with van der Waals surface area (Å²) in [7, 11) is 0. The molecule has 278 valence electrons. The smallest absolute Gasteiger partial charge is 0.0972 e. The molecule has 0 spiro atoms. The first-order chi connectivity index (χ1) is 29.7. The van der Waals surface area contributed by atoms with Gasteiger partial charge in [-0.2, -0.15) is 0 Å². The number of fused-ring (bicyclic) bond motifs is 8. The van der Waals surface area contributed by atoms with Crippen molar-refractivity contribution < 1.29 is 0 Å². The van der Waals surface area contributed by atoms with Crippen LogP contribution in [0, 0.1) is 0 Å². The second kappa shape index (κ2) is 13.8. The van der Waals surface area contributed by atoms with E-state index in [0.717, 1.165) is 88.6 Å². The van der Waals surface area contributed by atoms with Crippen LogP contribution in [-0.2, 0) is 0 Å². The molecule has 4 aromatic heterocycles. The number of hydrogen-bond donors (Lipinski definition) is 0. The maximum Gasteiger partial charge on any atom is 0.0972 e. The summed E-state index contributed by atoms with van der Waals surface area (Å²) in [5.74, 6) is 0. The number of hydrogen-bond acceptors (Lipinski definition) is 4. The Morgan fingerprint density at radius 3 is 1.40 bits per heavy atom. The van der Waals surface area contributed by atoms with Crippen LogP contribution in [0.3, 0.4) is 0 Å². The molecular weight excluding hydrogens is 729 g/mol. The number of rotatable bonds is 5. The lowest BCUT2D eigenvalue weighted by molar-refractivity contribution is 1.36. The van der Waals surface area contributed by atoms with E-state index in [1.54, 1.807) is 0 Å². The van der Waals surface area contributed by atoms with Gasteiger partial charge in [-0.1, -0.05) is 158 Å². The molecule has 0 radical (unpaired) electrons. The molecule has 0 bridgehead atoms. The molecule has 0 saturated carbocycles. The van der Waals surface area contributed by atoms with Crippen molar-refractivity contribution in [2.45, 2.75) is 0 Å². The summed E-state index contributed by atoms with van der Waals surface area (Å²) in [6.45, 7) is 0. The number of pyridine rings is 4. The Balaban J connectivity index is 0.824. The van der Waals surface area contributed by atoms with Crippen molar-refractivity contribution >= 4 is 65.2 Å². The normalized spacial score (nSPS) is 11.7. The molecule has 0 amide bonds. The van der Waals surface area contributed by atoms with Gasteiger partial charge in [-0.05, 0) is 81.2 Å². The highest BCUT2D eigenvalue weighted by atomic mass is 14.8. The molecule has 0 aliphatic carbocycles. The van der Waals surface area contributed by atoms with E-state index < -0.39 is 0 Å². The Kier molecular flexibility index (Phi) is 7.82. The Labute approximate surface area is 346 Å². The summed E-state index contributed by atoms with van der Waals surface area (Å²) in [6.07, 6.45) is 0. The van der Waals surface area contributed by atoms with Crippen molar-refractivity contribution in [3.8, 4) is 56.2 Å². The average molecular weight is 763 g/mol. The molecule has 0 saturated heterocycles. The van der Waals surface area contributed by atoms with Gasteiger partial charge in [0.05, 0.1) is 44.8 Å². The molecule has 12 rings (SSSR count). The van der Waals surface area contributed by atoms with Gasteiger partial charge in [-0.25, -0.2) is 19.9 Å². The van der Waals surface area contributed by atoms with Crippen LogP contribution < -0.4 is 0 Å². The van der Waals surface area contributed by atoms with Gasteiger partial charge in [-0.3, -0.25) is 0 Å². The summed E-state index contributed by atoms with van der Waals surface area (Å²) >= 11 is 0. The van der Waals surface area contributed by atoms with E-state index >= 15 is 0 Å². The van der Waals surface area contributed by atoms with Crippen LogP contribution in [0.15, 0.2) is 206 Å². The van der Waals surface area contributed by atoms with Gasteiger partial charge < -0.3 is 0 Å². The standard InChI is InChI=1S/C56H34N4/c1-2-7-36(8-3-1)50-28-22-40-16-17-41-23-29-51(60-56(41)55(40)59-50)38-13-11-37(12-14-38)49-27-21-39-15-19-46(34-54(39)58-49)53-31-25-45-33-43(24-30-52(45)57-53)42-20-26-48-44(32-42)18-10-35-6-4-5-9-47(35)48/h1-34H. The summed E-state index contributed by atoms with van der Waals surface area (Å²) in [6, 6.07) is 72.8. The SMILES string of the molecule is c1ccc(-c2ccc3ccc4ccc(-c5ccc(-c6ccc7ccc(-c8ccc9cc(-c%10ccc%11c(ccc%12ccccc%12%11)c%10)ccc9n8)cc7n6)cc5)nc4c3n2)cc1. The predicted molar refractivity (Wildman–Crippen MR) is 250 cm³/mol. The molecule has 60 heavy (non-hydrogen) atoms. The molecule has 4 heteroatoms. The van der Waals surface area contributed by atoms with Crippen LogP contribution in [0.25, 0.3) is 121 Å². The zero-order valence-electron chi connectivity index (χ0n) is 32.4. The van der Waals surface area contributed by atoms with Gasteiger partial charge in [0.1, 0.15) is 0 Å². The minimum absolute atomic E-state index is 0.902. The van der Waals surface area contributed by atoms with Crippen LogP contribution in [-0.4, -0.2) is 19.9 Å². The average Bonchev–Trinajstić information content (AvgIpc) is 3.33. The van der Waals surface area contributed by atoms with E-state index in [2.05, 4.69) is 188 Å². The van der Waals surface area contributed by atoms with E-state index in [1.807, 2.05) is 18.2 Å². The van der Waals surface area contributed by atoms with Gasteiger partial charge in [0.2, 0.25) is 0 Å². The highest BCUT2D eigenvalue weighted by Gasteiger charge is 2.12. The molecule has 0 N–H and O–H groups in total. The summed E-state index contributed by atoms with van der Waals surface area (Å²) in [5, 5.41) is 9.41. The lowest BCUT2D eigenvalue weighted by Gasteiger charge is -2.10. The zero-order chi connectivity index (χ0) is 39.6. The summed E-state index contributed by atoms with van der Waals surface area (Å²) in [4.78, 5) is 20.5. The van der Waals surface area contributed by atoms with Gasteiger partial charge >= 0.3 is 0 Å². The van der Waals surface area contributed by atoms with Crippen molar-refractivity contribution in [1.29, 1.82) is 0 Å². The summed E-state index contributed by atoms with van der Waals surface area (Å²) in [5.41, 5.74) is 14.0. The van der Waals surface area contributed by atoms with Crippen LogP contribution in [0.4, 0.5) is 0 Å². The molecular formula is C56H34N4. The number of benzene rings is 8. The Morgan fingerprint density at radius 2 is 0.667 bits per heavy atom. The third kappa shape index (κ3) is 5.93. The van der Waals surface area contributed by atoms with E-state index in [-0.39, 0.29) is 0 Å². The van der Waals surface area contributed by atoms with Crippen LogP contribution in [0.5, 0.6) is 0 Å². The topological polar surface area (TPSA) is 51.6 Å². The van der Waals surface area contributed by atoms with Crippen molar-refractivity contribution in [3.05, 3.63) is 206 Å². The van der Waals surface area contributed by atoms with E-state index in [1.165, 1.54) is 32.7 Å². The fourth-order valence-corrected chi connectivity index (χ4v) is 8.61. The van der Waals surface area contributed by atoms with Crippen molar-refractivity contribution in [1.82, 2.24) is 19.9 Å². The minimum Gasteiger partial charge on any atom is -0.248 e. The first kappa shape index (κ1) is 34.0. The zero-order valence-corrected chi connectivity index (χ0v) is 32.4.